The molecule has 0 fully saturated rings. The lowest BCUT2D eigenvalue weighted by atomic mass is 10.2. The van der Waals surface area contributed by atoms with E-state index in [9.17, 15) is 0 Å². The third-order valence-corrected chi connectivity index (χ3v) is 3.84. The van der Waals surface area contributed by atoms with Crippen molar-refractivity contribution in [1.29, 1.82) is 0 Å². The Morgan fingerprint density at radius 1 is 1.00 bits per heavy atom. The molecule has 0 aliphatic heterocycles. The van der Waals surface area contributed by atoms with E-state index in [0.717, 1.165) is 16.0 Å². The molecule has 0 unspecified atom stereocenters. The van der Waals surface area contributed by atoms with Crippen molar-refractivity contribution in [1.82, 2.24) is 4.37 Å². The zero-order chi connectivity index (χ0) is 11.7. The molecule has 1 aromatic heterocycles. The first-order valence-corrected chi connectivity index (χ1v) is 6.76. The van der Waals surface area contributed by atoms with Crippen LogP contribution in [-0.2, 0) is 0 Å². The molecule has 1 N–H and O–H groups in total. The molecule has 1 heterocycles. The highest BCUT2D eigenvalue weighted by Gasteiger charge is 2.04. The topological polar surface area (TPSA) is 24.9 Å². The van der Waals surface area contributed by atoms with E-state index in [1.54, 1.807) is 0 Å². The molecule has 3 aromatic rings. The fourth-order valence-corrected chi connectivity index (χ4v) is 2.65. The smallest absolute Gasteiger partial charge is 0.151 e. The molecule has 3 rings (SSSR count). The molecule has 0 saturated heterocycles. The molecule has 17 heavy (non-hydrogen) atoms. The van der Waals surface area contributed by atoms with Gasteiger partial charge in [0, 0.05) is 15.5 Å². The minimum absolute atomic E-state index is 0.924. The van der Waals surface area contributed by atoms with Crippen molar-refractivity contribution in [2.24, 2.45) is 0 Å². The van der Waals surface area contributed by atoms with Gasteiger partial charge in [-0.1, -0.05) is 28.1 Å². The lowest BCUT2D eigenvalue weighted by Gasteiger charge is -2.03. The first kappa shape index (κ1) is 10.7. The van der Waals surface area contributed by atoms with Crippen molar-refractivity contribution < 1.29 is 0 Å². The Kier molecular flexibility index (Phi) is 2.82. The summed E-state index contributed by atoms with van der Waals surface area (Å²) in [5.74, 6) is 0.924. The zero-order valence-corrected chi connectivity index (χ0v) is 11.3. The van der Waals surface area contributed by atoms with Gasteiger partial charge in [0.25, 0.3) is 0 Å². The summed E-state index contributed by atoms with van der Waals surface area (Å²) in [6.45, 7) is 0. The van der Waals surface area contributed by atoms with Crippen LogP contribution in [0.2, 0.25) is 0 Å². The van der Waals surface area contributed by atoms with Crippen molar-refractivity contribution in [3.8, 4) is 0 Å². The van der Waals surface area contributed by atoms with Crippen molar-refractivity contribution in [3.63, 3.8) is 0 Å². The molecular weight excluding hydrogens is 296 g/mol. The van der Waals surface area contributed by atoms with Crippen LogP contribution >= 0.6 is 27.5 Å². The number of anilines is 2. The van der Waals surface area contributed by atoms with Crippen LogP contribution < -0.4 is 5.32 Å². The van der Waals surface area contributed by atoms with Crippen molar-refractivity contribution in [2.75, 3.05) is 5.32 Å². The van der Waals surface area contributed by atoms with E-state index in [1.165, 1.54) is 21.6 Å². The van der Waals surface area contributed by atoms with Crippen LogP contribution in [0, 0.1) is 0 Å². The Balaban J connectivity index is 1.97. The quantitative estimate of drug-likeness (QED) is 0.735. The molecule has 0 aliphatic rings. The highest BCUT2D eigenvalue weighted by atomic mass is 79.9. The van der Waals surface area contributed by atoms with Crippen LogP contribution in [0.25, 0.3) is 10.1 Å². The molecule has 0 aliphatic carbocycles. The average Bonchev–Trinajstić information content (AvgIpc) is 2.76. The Morgan fingerprint density at radius 2 is 1.76 bits per heavy atom. The SMILES string of the molecule is Brc1ccc(Nc2nsc3ccccc23)cc1. The normalized spacial score (nSPS) is 10.6. The number of rotatable bonds is 2. The van der Waals surface area contributed by atoms with E-state index in [-0.39, 0.29) is 0 Å². The Bertz CT molecular complexity index is 646. The Morgan fingerprint density at radius 3 is 2.59 bits per heavy atom. The molecular formula is C13H9BrN2S. The molecule has 0 bridgehead atoms. The molecule has 0 spiro atoms. The van der Waals surface area contributed by atoms with Gasteiger partial charge in [0.05, 0.1) is 4.70 Å². The van der Waals surface area contributed by atoms with Crippen LogP contribution in [0.4, 0.5) is 11.5 Å². The summed E-state index contributed by atoms with van der Waals surface area (Å²) in [6.07, 6.45) is 0. The molecule has 4 heteroatoms. The standard InChI is InChI=1S/C13H9BrN2S/c14-9-5-7-10(8-6-9)15-13-11-3-1-2-4-12(11)17-16-13/h1-8H,(H,15,16). The summed E-state index contributed by atoms with van der Waals surface area (Å²) in [5, 5.41) is 4.50. The molecule has 0 saturated carbocycles. The van der Waals surface area contributed by atoms with Crippen molar-refractivity contribution in [3.05, 3.63) is 53.0 Å². The van der Waals surface area contributed by atoms with Gasteiger partial charge >= 0.3 is 0 Å². The van der Waals surface area contributed by atoms with Gasteiger partial charge in [-0.05, 0) is 47.9 Å². The van der Waals surface area contributed by atoms with Crippen molar-refractivity contribution in [2.45, 2.75) is 0 Å². The second-order valence-corrected chi connectivity index (χ2v) is 5.38. The molecule has 0 amide bonds. The largest absolute Gasteiger partial charge is 0.339 e. The van der Waals surface area contributed by atoms with Gasteiger partial charge in [-0.2, -0.15) is 4.37 Å². The third kappa shape index (κ3) is 2.18. The van der Waals surface area contributed by atoms with E-state index in [0.29, 0.717) is 0 Å². The third-order valence-electron chi connectivity index (χ3n) is 2.48. The Hall–Kier alpha value is -1.39. The van der Waals surface area contributed by atoms with Gasteiger partial charge in [-0.25, -0.2) is 0 Å². The summed E-state index contributed by atoms with van der Waals surface area (Å²) in [6, 6.07) is 16.3. The number of nitrogens with zero attached hydrogens (tertiary/aromatic N) is 1. The number of hydrogen-bond acceptors (Lipinski definition) is 3. The van der Waals surface area contributed by atoms with Gasteiger partial charge in [0.15, 0.2) is 5.82 Å². The van der Waals surface area contributed by atoms with Gasteiger partial charge in [-0.15, -0.1) is 0 Å². The first-order valence-electron chi connectivity index (χ1n) is 5.20. The average molecular weight is 305 g/mol. The number of aromatic nitrogens is 1. The maximum atomic E-state index is 4.43. The van der Waals surface area contributed by atoms with E-state index in [1.807, 2.05) is 36.4 Å². The van der Waals surface area contributed by atoms with E-state index in [2.05, 4.69) is 37.8 Å². The van der Waals surface area contributed by atoms with E-state index in [4.69, 9.17) is 0 Å². The second-order valence-electron chi connectivity index (χ2n) is 3.66. The molecule has 0 radical (unpaired) electrons. The highest BCUT2D eigenvalue weighted by molar-refractivity contribution is 9.10. The number of halogens is 1. The van der Waals surface area contributed by atoms with E-state index >= 15 is 0 Å². The zero-order valence-electron chi connectivity index (χ0n) is 8.85. The Labute approximate surface area is 112 Å². The van der Waals surface area contributed by atoms with Crippen LogP contribution in [0.5, 0.6) is 0 Å². The summed E-state index contributed by atoms with van der Waals surface area (Å²) < 4.78 is 6.71. The molecule has 84 valence electrons. The van der Waals surface area contributed by atoms with Crippen LogP contribution in [-0.4, -0.2) is 4.37 Å². The summed E-state index contributed by atoms with van der Waals surface area (Å²) in [5.41, 5.74) is 1.05. The molecule has 2 aromatic carbocycles. The lowest BCUT2D eigenvalue weighted by Crippen LogP contribution is -1.89. The van der Waals surface area contributed by atoms with E-state index < -0.39 is 0 Å². The van der Waals surface area contributed by atoms with Crippen LogP contribution in [0.1, 0.15) is 0 Å². The summed E-state index contributed by atoms with van der Waals surface area (Å²) >= 11 is 4.94. The summed E-state index contributed by atoms with van der Waals surface area (Å²) in [4.78, 5) is 0. The fraction of sp³-hybridized carbons (Fsp3) is 0. The first-order chi connectivity index (χ1) is 8.33. The van der Waals surface area contributed by atoms with Gasteiger partial charge in [-0.3, -0.25) is 0 Å². The van der Waals surface area contributed by atoms with Gasteiger partial charge in [0.1, 0.15) is 0 Å². The monoisotopic (exact) mass is 304 g/mol. The van der Waals surface area contributed by atoms with Crippen LogP contribution in [0.15, 0.2) is 53.0 Å². The van der Waals surface area contributed by atoms with Crippen LogP contribution in [0.3, 0.4) is 0 Å². The second kappa shape index (κ2) is 4.47. The lowest BCUT2D eigenvalue weighted by molar-refractivity contribution is 1.48. The van der Waals surface area contributed by atoms with Crippen molar-refractivity contribution >= 4 is 49.1 Å². The number of fused-ring (bicyclic) bond motifs is 1. The number of nitrogens with one attached hydrogen (secondary N) is 1. The number of benzene rings is 2. The maximum Gasteiger partial charge on any atom is 0.151 e. The minimum Gasteiger partial charge on any atom is -0.339 e. The molecule has 0 atom stereocenters. The predicted octanol–water partition coefficient (Wildman–Crippen LogP) is 4.80. The number of hydrogen-bond donors (Lipinski definition) is 1. The maximum absolute atomic E-state index is 4.43. The minimum atomic E-state index is 0.924. The van der Waals surface area contributed by atoms with Gasteiger partial charge in [0.2, 0.25) is 0 Å². The fourth-order valence-electron chi connectivity index (χ4n) is 1.65. The summed E-state index contributed by atoms with van der Waals surface area (Å²) in [7, 11) is 0. The highest BCUT2D eigenvalue weighted by Crippen LogP contribution is 2.28. The predicted molar refractivity (Wildman–Crippen MR) is 77.0 cm³/mol. The molecule has 2 nitrogen and oxygen atoms in total. The van der Waals surface area contributed by atoms with Gasteiger partial charge < -0.3 is 5.32 Å².